The van der Waals surface area contributed by atoms with Crippen LogP contribution in [0.5, 0.6) is 0 Å². The number of ether oxygens (including phenoxy) is 1. The monoisotopic (exact) mass is 323 g/mol. The van der Waals surface area contributed by atoms with Crippen LogP contribution in [0.2, 0.25) is 0 Å². The predicted octanol–water partition coefficient (Wildman–Crippen LogP) is 1.95. The largest absolute Gasteiger partial charge is 0.377 e. The molecule has 1 aromatic heterocycles. The van der Waals surface area contributed by atoms with Crippen LogP contribution in [0.15, 0.2) is 4.99 Å². The molecule has 0 saturated carbocycles. The summed E-state index contributed by atoms with van der Waals surface area (Å²) in [6, 6.07) is 0.264. The van der Waals surface area contributed by atoms with Crippen molar-refractivity contribution in [3.8, 4) is 0 Å². The first-order valence-corrected chi connectivity index (χ1v) is 8.29. The second-order valence-electron chi connectivity index (χ2n) is 6.68. The van der Waals surface area contributed by atoms with Crippen LogP contribution in [0.25, 0.3) is 0 Å². The highest BCUT2D eigenvalue weighted by molar-refractivity contribution is 5.80. The number of guanidine groups is 1. The highest BCUT2D eigenvalue weighted by Gasteiger charge is 2.17. The summed E-state index contributed by atoms with van der Waals surface area (Å²) in [6.07, 6.45) is 0.920. The highest BCUT2D eigenvalue weighted by atomic mass is 16.5. The van der Waals surface area contributed by atoms with Crippen molar-refractivity contribution in [1.29, 1.82) is 0 Å². The van der Waals surface area contributed by atoms with E-state index >= 15 is 0 Å². The smallest absolute Gasteiger partial charge is 0.191 e. The van der Waals surface area contributed by atoms with Crippen molar-refractivity contribution in [2.45, 2.75) is 59.6 Å². The topological polar surface area (TPSA) is 63.5 Å². The normalized spacial score (nSPS) is 14.0. The summed E-state index contributed by atoms with van der Waals surface area (Å²) in [5, 5.41) is 11.3. The number of aryl methyl sites for hydroxylation is 2. The standard InChI is InChI=1S/C17H33N5O/c1-9-18-16(19-11-17(5,6)23-8)20-12(2)10-15-13(3)21-22(7)14(15)4/h12H,9-11H2,1-8H3,(H2,18,19,20). The first-order chi connectivity index (χ1) is 10.7. The fraction of sp³-hybridized carbons (Fsp3) is 0.765. The van der Waals surface area contributed by atoms with E-state index in [1.54, 1.807) is 7.11 Å². The molecule has 0 aromatic carbocycles. The van der Waals surface area contributed by atoms with Crippen molar-refractivity contribution in [2.24, 2.45) is 12.0 Å². The third-order valence-electron chi connectivity index (χ3n) is 4.07. The Morgan fingerprint density at radius 1 is 1.39 bits per heavy atom. The zero-order chi connectivity index (χ0) is 17.6. The average Bonchev–Trinajstić information content (AvgIpc) is 2.71. The van der Waals surface area contributed by atoms with Crippen molar-refractivity contribution in [1.82, 2.24) is 20.4 Å². The Balaban J connectivity index is 2.74. The van der Waals surface area contributed by atoms with Crippen LogP contribution in [0, 0.1) is 13.8 Å². The van der Waals surface area contributed by atoms with Crippen molar-refractivity contribution < 1.29 is 4.74 Å². The van der Waals surface area contributed by atoms with Crippen molar-refractivity contribution in [3.05, 3.63) is 17.0 Å². The summed E-state index contributed by atoms with van der Waals surface area (Å²) in [7, 11) is 3.70. The molecule has 0 aliphatic heterocycles. The molecular formula is C17H33N5O. The van der Waals surface area contributed by atoms with Crippen LogP contribution in [0.1, 0.15) is 44.6 Å². The minimum absolute atomic E-state index is 0.262. The number of hydrogen-bond donors (Lipinski definition) is 2. The van der Waals surface area contributed by atoms with E-state index in [2.05, 4.69) is 48.4 Å². The zero-order valence-electron chi connectivity index (χ0n) is 15.9. The molecular weight excluding hydrogens is 290 g/mol. The Bertz CT molecular complexity index is 533. The molecule has 132 valence electrons. The molecule has 0 fully saturated rings. The SMILES string of the molecule is CCNC(=NCC(C)(C)OC)NC(C)Cc1c(C)nn(C)c1C. The van der Waals surface area contributed by atoms with E-state index in [0.29, 0.717) is 6.54 Å². The van der Waals surface area contributed by atoms with Gasteiger partial charge in [0.1, 0.15) is 0 Å². The number of methoxy groups -OCH3 is 1. The van der Waals surface area contributed by atoms with Gasteiger partial charge < -0.3 is 15.4 Å². The number of rotatable bonds is 7. The van der Waals surface area contributed by atoms with Gasteiger partial charge in [-0.2, -0.15) is 5.10 Å². The summed E-state index contributed by atoms with van der Waals surface area (Å²) in [6.45, 7) is 13.9. The van der Waals surface area contributed by atoms with Gasteiger partial charge in [0.25, 0.3) is 0 Å². The van der Waals surface area contributed by atoms with Crippen LogP contribution >= 0.6 is 0 Å². The number of aromatic nitrogens is 2. The molecule has 1 atom stereocenters. The molecule has 0 radical (unpaired) electrons. The van der Waals surface area contributed by atoms with Crippen molar-refractivity contribution in [2.75, 3.05) is 20.2 Å². The van der Waals surface area contributed by atoms with Crippen LogP contribution < -0.4 is 10.6 Å². The molecule has 0 spiro atoms. The molecule has 0 aliphatic rings. The van der Waals surface area contributed by atoms with Gasteiger partial charge in [0.15, 0.2) is 5.96 Å². The predicted molar refractivity (Wildman–Crippen MR) is 96.1 cm³/mol. The Hall–Kier alpha value is -1.56. The minimum atomic E-state index is -0.262. The second-order valence-corrected chi connectivity index (χ2v) is 6.68. The Morgan fingerprint density at radius 2 is 2.04 bits per heavy atom. The summed E-state index contributed by atoms with van der Waals surface area (Å²) in [5.41, 5.74) is 3.36. The first kappa shape index (κ1) is 19.5. The molecule has 6 heteroatoms. The van der Waals surface area contributed by atoms with Crippen LogP contribution in [0.3, 0.4) is 0 Å². The van der Waals surface area contributed by atoms with E-state index in [1.165, 1.54) is 11.3 Å². The molecule has 1 unspecified atom stereocenters. The van der Waals surface area contributed by atoms with Crippen molar-refractivity contribution in [3.63, 3.8) is 0 Å². The van der Waals surface area contributed by atoms with Gasteiger partial charge in [-0.1, -0.05) is 0 Å². The van der Waals surface area contributed by atoms with Crippen LogP contribution in [-0.2, 0) is 18.2 Å². The maximum Gasteiger partial charge on any atom is 0.191 e. The van der Waals surface area contributed by atoms with E-state index < -0.39 is 0 Å². The molecule has 6 nitrogen and oxygen atoms in total. The third-order valence-corrected chi connectivity index (χ3v) is 4.07. The van der Waals surface area contributed by atoms with Gasteiger partial charge in [0.05, 0.1) is 17.8 Å². The maximum atomic E-state index is 5.43. The van der Waals surface area contributed by atoms with Crippen molar-refractivity contribution >= 4 is 5.96 Å². The molecule has 0 saturated heterocycles. The Labute approximate surface area is 140 Å². The molecule has 1 aromatic rings. The fourth-order valence-corrected chi connectivity index (χ4v) is 2.36. The average molecular weight is 323 g/mol. The molecule has 2 N–H and O–H groups in total. The van der Waals surface area contributed by atoms with E-state index in [-0.39, 0.29) is 11.6 Å². The summed E-state index contributed by atoms with van der Waals surface area (Å²) >= 11 is 0. The quantitative estimate of drug-likeness (QED) is 0.595. The number of hydrogen-bond acceptors (Lipinski definition) is 3. The van der Waals surface area contributed by atoms with E-state index in [4.69, 9.17) is 4.74 Å². The summed E-state index contributed by atoms with van der Waals surface area (Å²) in [5.74, 6) is 0.823. The molecule has 1 heterocycles. The fourth-order valence-electron chi connectivity index (χ4n) is 2.36. The second kappa shape index (κ2) is 8.34. The van der Waals surface area contributed by atoms with Gasteiger partial charge in [-0.3, -0.25) is 9.67 Å². The molecule has 1 rings (SSSR count). The van der Waals surface area contributed by atoms with Gasteiger partial charge >= 0.3 is 0 Å². The lowest BCUT2D eigenvalue weighted by Gasteiger charge is -2.23. The number of nitrogens with zero attached hydrogens (tertiary/aromatic N) is 3. The Kier molecular flexibility index (Phi) is 7.06. The lowest BCUT2D eigenvalue weighted by Crippen LogP contribution is -2.44. The Morgan fingerprint density at radius 3 is 2.52 bits per heavy atom. The summed E-state index contributed by atoms with van der Waals surface area (Å²) < 4.78 is 7.37. The van der Waals surface area contributed by atoms with E-state index in [0.717, 1.165) is 24.6 Å². The van der Waals surface area contributed by atoms with E-state index in [1.807, 2.05) is 25.6 Å². The van der Waals surface area contributed by atoms with Gasteiger partial charge in [-0.15, -0.1) is 0 Å². The highest BCUT2D eigenvalue weighted by Crippen LogP contribution is 2.14. The molecule has 23 heavy (non-hydrogen) atoms. The molecule has 0 amide bonds. The summed E-state index contributed by atoms with van der Waals surface area (Å²) in [4.78, 5) is 4.64. The minimum Gasteiger partial charge on any atom is -0.377 e. The lowest BCUT2D eigenvalue weighted by molar-refractivity contribution is 0.0310. The first-order valence-electron chi connectivity index (χ1n) is 8.29. The van der Waals surface area contributed by atoms with Gasteiger partial charge in [0, 0.05) is 32.4 Å². The lowest BCUT2D eigenvalue weighted by atomic mass is 10.1. The van der Waals surface area contributed by atoms with Crippen LogP contribution in [0.4, 0.5) is 0 Å². The van der Waals surface area contributed by atoms with Crippen LogP contribution in [-0.4, -0.2) is 47.6 Å². The third kappa shape index (κ3) is 5.86. The van der Waals surface area contributed by atoms with Gasteiger partial charge in [-0.25, -0.2) is 0 Å². The van der Waals surface area contributed by atoms with E-state index in [9.17, 15) is 0 Å². The maximum absolute atomic E-state index is 5.43. The van der Waals surface area contributed by atoms with Gasteiger partial charge in [0.2, 0.25) is 0 Å². The number of nitrogens with one attached hydrogen (secondary N) is 2. The molecule has 0 bridgehead atoms. The number of aliphatic imine (C=N–C) groups is 1. The zero-order valence-corrected chi connectivity index (χ0v) is 15.9. The van der Waals surface area contributed by atoms with Gasteiger partial charge in [-0.05, 0) is 53.5 Å². The molecule has 0 aliphatic carbocycles.